The van der Waals surface area contributed by atoms with Gasteiger partial charge in [0.1, 0.15) is 11.6 Å². The summed E-state index contributed by atoms with van der Waals surface area (Å²) in [6.45, 7) is 7.69. The second-order valence-electron chi connectivity index (χ2n) is 8.37. The predicted octanol–water partition coefficient (Wildman–Crippen LogP) is 5.69. The Morgan fingerprint density at radius 2 is 1.47 bits per heavy atom. The SMILES string of the molecule is Cc1cc(C)cc(N2C(=O)C(=O)/C(=C(\O)c3ccc(C)c(C)c3)C2c2ccc(F)cc2)c1. The van der Waals surface area contributed by atoms with Crippen molar-refractivity contribution in [3.8, 4) is 0 Å². The number of Topliss-reactive ketones (excluding diaryl/α,β-unsaturated/α-hetero) is 1. The molecule has 0 aromatic heterocycles. The monoisotopic (exact) mass is 429 g/mol. The van der Waals surface area contributed by atoms with E-state index in [-0.39, 0.29) is 11.3 Å². The molecule has 1 amide bonds. The van der Waals surface area contributed by atoms with E-state index in [1.165, 1.54) is 29.2 Å². The maximum atomic E-state index is 13.6. The van der Waals surface area contributed by atoms with Crippen molar-refractivity contribution in [2.24, 2.45) is 0 Å². The first kappa shape index (κ1) is 21.5. The number of halogens is 1. The van der Waals surface area contributed by atoms with Crippen LogP contribution >= 0.6 is 0 Å². The van der Waals surface area contributed by atoms with Gasteiger partial charge in [-0.25, -0.2) is 4.39 Å². The second-order valence-corrected chi connectivity index (χ2v) is 8.37. The first-order valence-electron chi connectivity index (χ1n) is 10.4. The Kier molecular flexibility index (Phi) is 5.43. The minimum Gasteiger partial charge on any atom is -0.507 e. The van der Waals surface area contributed by atoms with Crippen molar-refractivity contribution in [3.05, 3.63) is 105 Å². The Hall–Kier alpha value is -3.73. The molecule has 0 aliphatic carbocycles. The van der Waals surface area contributed by atoms with Crippen molar-refractivity contribution in [1.82, 2.24) is 0 Å². The third-order valence-electron chi connectivity index (χ3n) is 5.90. The van der Waals surface area contributed by atoms with Gasteiger partial charge in [-0.05, 0) is 85.8 Å². The number of nitrogens with zero attached hydrogens (tertiary/aromatic N) is 1. The van der Waals surface area contributed by atoms with E-state index in [0.29, 0.717) is 16.8 Å². The number of aryl methyl sites for hydroxylation is 4. The van der Waals surface area contributed by atoms with Crippen molar-refractivity contribution in [1.29, 1.82) is 0 Å². The van der Waals surface area contributed by atoms with Gasteiger partial charge < -0.3 is 5.11 Å². The molecule has 0 radical (unpaired) electrons. The summed E-state index contributed by atoms with van der Waals surface area (Å²) < 4.78 is 13.6. The van der Waals surface area contributed by atoms with Crippen LogP contribution in [-0.4, -0.2) is 16.8 Å². The second kappa shape index (κ2) is 8.08. The van der Waals surface area contributed by atoms with Gasteiger partial charge >= 0.3 is 0 Å². The molecule has 1 saturated heterocycles. The van der Waals surface area contributed by atoms with Gasteiger partial charge in [-0.15, -0.1) is 0 Å². The average molecular weight is 429 g/mol. The largest absolute Gasteiger partial charge is 0.507 e. The Bertz CT molecular complexity index is 1250. The Balaban J connectivity index is 1.97. The number of benzene rings is 3. The van der Waals surface area contributed by atoms with Gasteiger partial charge in [0.25, 0.3) is 11.7 Å². The van der Waals surface area contributed by atoms with Gasteiger partial charge in [-0.1, -0.05) is 30.3 Å². The summed E-state index contributed by atoms with van der Waals surface area (Å²) in [5, 5.41) is 11.2. The van der Waals surface area contributed by atoms with Gasteiger partial charge in [-0.2, -0.15) is 0 Å². The van der Waals surface area contributed by atoms with E-state index in [0.717, 1.165) is 22.3 Å². The number of amides is 1. The molecular formula is C27H24FNO3. The lowest BCUT2D eigenvalue weighted by Gasteiger charge is -2.26. The maximum Gasteiger partial charge on any atom is 0.300 e. The third-order valence-corrected chi connectivity index (χ3v) is 5.90. The molecule has 1 aliphatic heterocycles. The number of anilines is 1. The highest BCUT2D eigenvalue weighted by molar-refractivity contribution is 6.51. The molecule has 0 spiro atoms. The highest BCUT2D eigenvalue weighted by atomic mass is 19.1. The van der Waals surface area contributed by atoms with Crippen LogP contribution in [0.2, 0.25) is 0 Å². The third kappa shape index (κ3) is 3.71. The smallest absolute Gasteiger partial charge is 0.300 e. The number of carbonyl (C=O) groups excluding carboxylic acids is 2. The number of hydrogen-bond acceptors (Lipinski definition) is 3. The molecule has 1 unspecified atom stereocenters. The first-order chi connectivity index (χ1) is 15.2. The van der Waals surface area contributed by atoms with Crippen molar-refractivity contribution in [3.63, 3.8) is 0 Å². The highest BCUT2D eigenvalue weighted by Gasteiger charge is 2.47. The van der Waals surface area contributed by atoms with Crippen molar-refractivity contribution >= 4 is 23.1 Å². The van der Waals surface area contributed by atoms with Crippen LogP contribution in [0.4, 0.5) is 10.1 Å². The Morgan fingerprint density at radius 3 is 2.06 bits per heavy atom. The highest BCUT2D eigenvalue weighted by Crippen LogP contribution is 2.42. The molecule has 1 aliphatic rings. The summed E-state index contributed by atoms with van der Waals surface area (Å²) in [7, 11) is 0. The molecule has 162 valence electrons. The minimum atomic E-state index is -0.876. The molecule has 1 fully saturated rings. The van der Waals surface area contributed by atoms with Gasteiger partial charge in [0, 0.05) is 11.3 Å². The van der Waals surface area contributed by atoms with Gasteiger partial charge in [-0.3, -0.25) is 14.5 Å². The van der Waals surface area contributed by atoms with Crippen LogP contribution in [0.1, 0.15) is 39.4 Å². The number of aliphatic hydroxyl groups is 1. The lowest BCUT2D eigenvalue weighted by Crippen LogP contribution is -2.29. The van der Waals surface area contributed by atoms with E-state index < -0.39 is 23.5 Å². The molecule has 5 heteroatoms. The quantitative estimate of drug-likeness (QED) is 0.331. The molecule has 3 aromatic carbocycles. The summed E-state index contributed by atoms with van der Waals surface area (Å²) in [4.78, 5) is 27.8. The first-order valence-corrected chi connectivity index (χ1v) is 10.4. The summed E-state index contributed by atoms with van der Waals surface area (Å²) in [6, 6.07) is 15.8. The van der Waals surface area contributed by atoms with E-state index in [9.17, 15) is 19.1 Å². The molecule has 3 aromatic rings. The van der Waals surface area contributed by atoms with Crippen LogP contribution in [0.5, 0.6) is 0 Å². The molecule has 0 bridgehead atoms. The van der Waals surface area contributed by atoms with E-state index in [2.05, 4.69) is 0 Å². The van der Waals surface area contributed by atoms with Crippen LogP contribution in [0, 0.1) is 33.5 Å². The van der Waals surface area contributed by atoms with Gasteiger partial charge in [0.2, 0.25) is 0 Å². The maximum absolute atomic E-state index is 13.6. The van der Waals surface area contributed by atoms with Crippen LogP contribution in [0.25, 0.3) is 5.76 Å². The van der Waals surface area contributed by atoms with Crippen LogP contribution in [0.15, 0.2) is 66.2 Å². The zero-order chi connectivity index (χ0) is 23.2. The number of aliphatic hydroxyl groups excluding tert-OH is 1. The standard InChI is InChI=1S/C27H24FNO3/c1-15-11-16(2)13-22(12-15)29-24(19-7-9-21(28)10-8-19)23(26(31)27(29)32)25(30)20-6-5-17(3)18(4)14-20/h5-14,24,30H,1-4H3/b25-23-. The number of carbonyl (C=O) groups is 2. The van der Waals surface area contributed by atoms with Gasteiger partial charge in [0.15, 0.2) is 0 Å². The zero-order valence-electron chi connectivity index (χ0n) is 18.4. The number of ketones is 1. The van der Waals surface area contributed by atoms with E-state index in [1.54, 1.807) is 12.1 Å². The molecule has 1 N–H and O–H groups in total. The topological polar surface area (TPSA) is 57.6 Å². The van der Waals surface area contributed by atoms with Crippen molar-refractivity contribution in [2.45, 2.75) is 33.7 Å². The predicted molar refractivity (Wildman–Crippen MR) is 123 cm³/mol. The van der Waals surface area contributed by atoms with Crippen molar-refractivity contribution in [2.75, 3.05) is 4.90 Å². The van der Waals surface area contributed by atoms with Crippen LogP contribution in [0.3, 0.4) is 0 Å². The Labute approximate surface area is 186 Å². The van der Waals surface area contributed by atoms with E-state index in [1.807, 2.05) is 52.0 Å². The normalized spacial score (nSPS) is 17.8. The zero-order valence-corrected chi connectivity index (χ0v) is 18.4. The molecule has 1 atom stereocenters. The lowest BCUT2D eigenvalue weighted by atomic mass is 9.94. The summed E-state index contributed by atoms with van der Waals surface area (Å²) in [5.41, 5.74) is 5.42. The number of rotatable bonds is 3. The molecule has 4 nitrogen and oxygen atoms in total. The van der Waals surface area contributed by atoms with Crippen LogP contribution in [-0.2, 0) is 9.59 Å². The molecule has 32 heavy (non-hydrogen) atoms. The fourth-order valence-corrected chi connectivity index (χ4v) is 4.19. The molecule has 1 heterocycles. The molecular weight excluding hydrogens is 405 g/mol. The fraction of sp³-hybridized carbons (Fsp3) is 0.185. The van der Waals surface area contributed by atoms with Gasteiger partial charge in [0.05, 0.1) is 11.6 Å². The van der Waals surface area contributed by atoms with Crippen LogP contribution < -0.4 is 4.90 Å². The van der Waals surface area contributed by atoms with Crippen molar-refractivity contribution < 1.29 is 19.1 Å². The molecule has 0 saturated carbocycles. The van der Waals surface area contributed by atoms with E-state index >= 15 is 0 Å². The summed E-state index contributed by atoms with van der Waals surface area (Å²) in [6.07, 6.45) is 0. The summed E-state index contributed by atoms with van der Waals surface area (Å²) >= 11 is 0. The van der Waals surface area contributed by atoms with E-state index in [4.69, 9.17) is 0 Å². The Morgan fingerprint density at radius 1 is 0.844 bits per heavy atom. The average Bonchev–Trinajstić information content (AvgIpc) is 3.00. The summed E-state index contributed by atoms with van der Waals surface area (Å²) in [5.74, 6) is -2.16. The fourth-order valence-electron chi connectivity index (χ4n) is 4.19. The minimum absolute atomic E-state index is 0.0102. The lowest BCUT2D eigenvalue weighted by molar-refractivity contribution is -0.132. The number of hydrogen-bond donors (Lipinski definition) is 1. The molecule has 4 rings (SSSR count).